The lowest BCUT2D eigenvalue weighted by Crippen LogP contribution is -1.85. The third-order valence-electron chi connectivity index (χ3n) is 2.02. The molecule has 0 spiro atoms. The van der Waals surface area contributed by atoms with E-state index in [-0.39, 0.29) is 0 Å². The summed E-state index contributed by atoms with van der Waals surface area (Å²) in [5.41, 5.74) is 7.50. The Morgan fingerprint density at radius 1 is 1.40 bits per heavy atom. The first-order valence-electron chi connectivity index (χ1n) is 4.26. The first-order valence-corrected chi connectivity index (χ1v) is 6.27. The molecule has 2 N–H and O–H groups in total. The van der Waals surface area contributed by atoms with Crippen molar-refractivity contribution >= 4 is 33.6 Å². The fraction of sp³-hybridized carbons (Fsp3) is 0.100. The van der Waals surface area contributed by atoms with E-state index in [2.05, 4.69) is 33.2 Å². The van der Waals surface area contributed by atoms with Crippen molar-refractivity contribution in [3.63, 3.8) is 0 Å². The number of nitrogens with two attached hydrogens (primary N) is 1. The second-order valence-corrected chi connectivity index (χ2v) is 4.78. The third kappa shape index (κ3) is 2.18. The van der Waals surface area contributed by atoms with E-state index >= 15 is 0 Å². The molecule has 0 radical (unpaired) electrons. The van der Waals surface area contributed by atoms with Crippen LogP contribution in [0.5, 0.6) is 0 Å². The second kappa shape index (κ2) is 4.28. The van der Waals surface area contributed by atoms with E-state index in [9.17, 15) is 0 Å². The summed E-state index contributed by atoms with van der Waals surface area (Å²) in [5.74, 6) is 0.347. The van der Waals surface area contributed by atoms with Gasteiger partial charge in [-0.3, -0.25) is 0 Å². The van der Waals surface area contributed by atoms with Gasteiger partial charge in [0.2, 0.25) is 5.88 Å². The molecule has 15 heavy (non-hydrogen) atoms. The fourth-order valence-electron chi connectivity index (χ4n) is 1.30. The van der Waals surface area contributed by atoms with Crippen LogP contribution in [0.2, 0.25) is 0 Å². The number of rotatable bonds is 2. The Hall–Kier alpha value is -0.940. The van der Waals surface area contributed by atoms with Crippen LogP contribution in [0.4, 0.5) is 5.88 Å². The predicted octanol–water partition coefficient (Wildman–Crippen LogP) is 3.41. The highest BCUT2D eigenvalue weighted by Crippen LogP contribution is 2.31. The summed E-state index contributed by atoms with van der Waals surface area (Å²) < 4.78 is 5.86. The molecule has 1 aromatic carbocycles. The zero-order valence-electron chi connectivity index (χ0n) is 8.03. The van der Waals surface area contributed by atoms with E-state index in [0.29, 0.717) is 5.88 Å². The fourth-order valence-corrected chi connectivity index (χ4v) is 2.44. The van der Waals surface area contributed by atoms with Crippen molar-refractivity contribution in [2.24, 2.45) is 0 Å². The second-order valence-electron chi connectivity index (χ2n) is 2.98. The van der Waals surface area contributed by atoms with Gasteiger partial charge in [0.05, 0.1) is 11.8 Å². The predicted molar refractivity (Wildman–Crippen MR) is 65.8 cm³/mol. The number of anilines is 1. The van der Waals surface area contributed by atoms with Gasteiger partial charge in [0.1, 0.15) is 0 Å². The Balaban J connectivity index is 2.53. The van der Waals surface area contributed by atoms with Gasteiger partial charge >= 0.3 is 0 Å². The lowest BCUT2D eigenvalue weighted by atomic mass is 10.1. The van der Waals surface area contributed by atoms with E-state index in [1.165, 1.54) is 4.90 Å². The molecule has 0 aliphatic rings. The Kier molecular flexibility index (Phi) is 3.02. The minimum atomic E-state index is 0.347. The summed E-state index contributed by atoms with van der Waals surface area (Å²) in [6.45, 7) is 0. The molecule has 0 fully saturated rings. The van der Waals surface area contributed by atoms with Crippen molar-refractivity contribution in [3.05, 3.63) is 28.9 Å². The van der Waals surface area contributed by atoms with Crippen molar-refractivity contribution in [1.29, 1.82) is 0 Å². The maximum atomic E-state index is 5.66. The minimum absolute atomic E-state index is 0.347. The van der Waals surface area contributed by atoms with Gasteiger partial charge in [-0.05, 0) is 30.0 Å². The molecule has 2 rings (SSSR count). The van der Waals surface area contributed by atoms with Crippen molar-refractivity contribution < 1.29 is 4.52 Å². The molecule has 0 aliphatic carbocycles. The molecular formula is C10H9BrN2OS. The van der Waals surface area contributed by atoms with Crippen molar-refractivity contribution in [2.75, 3.05) is 12.0 Å². The summed E-state index contributed by atoms with van der Waals surface area (Å²) in [6.07, 6.45) is 3.66. The van der Waals surface area contributed by atoms with Gasteiger partial charge in [-0.1, -0.05) is 21.1 Å². The molecule has 0 aliphatic heterocycles. The monoisotopic (exact) mass is 284 g/mol. The molecule has 0 saturated heterocycles. The largest absolute Gasteiger partial charge is 0.367 e. The standard InChI is InChI=1S/C10H9BrN2OS/c1-15-8-3-6(2-7(11)4-8)9-5-13-14-10(9)12/h2-5H,12H2,1H3. The SMILES string of the molecule is CSc1cc(Br)cc(-c2cnoc2N)c1. The Morgan fingerprint density at radius 3 is 2.80 bits per heavy atom. The lowest BCUT2D eigenvalue weighted by Gasteiger charge is -2.03. The number of hydrogen-bond donors (Lipinski definition) is 1. The molecule has 0 amide bonds. The normalized spacial score (nSPS) is 10.5. The molecule has 3 nitrogen and oxygen atoms in total. The highest BCUT2D eigenvalue weighted by atomic mass is 79.9. The Morgan fingerprint density at radius 2 is 2.20 bits per heavy atom. The van der Waals surface area contributed by atoms with Crippen LogP contribution in [0.1, 0.15) is 0 Å². The van der Waals surface area contributed by atoms with Crippen LogP contribution in [-0.4, -0.2) is 11.4 Å². The Bertz CT molecular complexity index is 484. The van der Waals surface area contributed by atoms with E-state index < -0.39 is 0 Å². The van der Waals surface area contributed by atoms with Gasteiger partial charge in [-0.25, -0.2) is 0 Å². The van der Waals surface area contributed by atoms with Gasteiger partial charge in [-0.2, -0.15) is 0 Å². The van der Waals surface area contributed by atoms with Crippen LogP contribution < -0.4 is 5.73 Å². The smallest absolute Gasteiger partial charge is 0.229 e. The molecule has 0 bridgehead atoms. The highest BCUT2D eigenvalue weighted by molar-refractivity contribution is 9.10. The molecule has 0 saturated carbocycles. The zero-order chi connectivity index (χ0) is 10.8. The van der Waals surface area contributed by atoms with Gasteiger partial charge in [0, 0.05) is 9.37 Å². The molecule has 0 atom stereocenters. The highest BCUT2D eigenvalue weighted by Gasteiger charge is 2.08. The molecule has 1 heterocycles. The molecular weight excluding hydrogens is 276 g/mol. The number of halogens is 1. The average Bonchev–Trinajstić information content (AvgIpc) is 2.63. The van der Waals surface area contributed by atoms with Crippen LogP contribution in [0.15, 0.2) is 38.3 Å². The minimum Gasteiger partial charge on any atom is -0.367 e. The Labute approximate surface area is 100 Å². The van der Waals surface area contributed by atoms with E-state index in [0.717, 1.165) is 15.6 Å². The summed E-state index contributed by atoms with van der Waals surface area (Å²) in [5, 5.41) is 3.66. The van der Waals surface area contributed by atoms with E-state index in [4.69, 9.17) is 10.3 Å². The number of aromatic nitrogens is 1. The topological polar surface area (TPSA) is 52.0 Å². The molecule has 78 valence electrons. The first-order chi connectivity index (χ1) is 7.20. The average molecular weight is 285 g/mol. The maximum absolute atomic E-state index is 5.66. The van der Waals surface area contributed by atoms with Crippen LogP contribution >= 0.6 is 27.7 Å². The van der Waals surface area contributed by atoms with Crippen molar-refractivity contribution in [1.82, 2.24) is 5.16 Å². The first kappa shape index (κ1) is 10.6. The molecule has 1 aromatic heterocycles. The molecule has 0 unspecified atom stereocenters. The molecule has 5 heteroatoms. The van der Waals surface area contributed by atoms with Crippen molar-refractivity contribution in [3.8, 4) is 11.1 Å². The number of hydrogen-bond acceptors (Lipinski definition) is 4. The zero-order valence-corrected chi connectivity index (χ0v) is 10.4. The summed E-state index contributed by atoms with van der Waals surface area (Å²) in [7, 11) is 0. The van der Waals surface area contributed by atoms with E-state index in [1.54, 1.807) is 18.0 Å². The van der Waals surface area contributed by atoms with Crippen LogP contribution in [0, 0.1) is 0 Å². The number of benzene rings is 1. The summed E-state index contributed by atoms with van der Waals surface area (Å²) in [6, 6.07) is 6.10. The number of nitrogens with zero attached hydrogens (tertiary/aromatic N) is 1. The summed E-state index contributed by atoms with van der Waals surface area (Å²) >= 11 is 5.14. The summed E-state index contributed by atoms with van der Waals surface area (Å²) in [4.78, 5) is 1.17. The quantitative estimate of drug-likeness (QED) is 0.859. The third-order valence-corrected chi connectivity index (χ3v) is 3.18. The van der Waals surface area contributed by atoms with Crippen LogP contribution in [0.3, 0.4) is 0 Å². The van der Waals surface area contributed by atoms with Crippen molar-refractivity contribution in [2.45, 2.75) is 4.90 Å². The molecule has 2 aromatic rings. The van der Waals surface area contributed by atoms with E-state index in [1.807, 2.05) is 12.3 Å². The number of nitrogen functional groups attached to an aromatic ring is 1. The van der Waals surface area contributed by atoms with Gasteiger partial charge in [-0.15, -0.1) is 11.8 Å². The van der Waals surface area contributed by atoms with Gasteiger partial charge in [0.15, 0.2) is 0 Å². The van der Waals surface area contributed by atoms with Gasteiger partial charge in [0.25, 0.3) is 0 Å². The maximum Gasteiger partial charge on any atom is 0.229 e. The van der Waals surface area contributed by atoms with Crippen LogP contribution in [-0.2, 0) is 0 Å². The van der Waals surface area contributed by atoms with Gasteiger partial charge < -0.3 is 10.3 Å². The number of thioether (sulfide) groups is 1. The lowest BCUT2D eigenvalue weighted by molar-refractivity contribution is 0.436. The van der Waals surface area contributed by atoms with Crippen LogP contribution in [0.25, 0.3) is 11.1 Å².